The lowest BCUT2D eigenvalue weighted by Gasteiger charge is -2.12. The molecule has 1 heterocycles. The van der Waals surface area contributed by atoms with E-state index in [4.69, 9.17) is 0 Å². The first-order chi connectivity index (χ1) is 11.8. The van der Waals surface area contributed by atoms with Crippen LogP contribution >= 0.6 is 0 Å². The normalized spacial score (nSPS) is 11.6. The first kappa shape index (κ1) is 17.2. The van der Waals surface area contributed by atoms with E-state index in [1.54, 1.807) is 44.2 Å². The maximum atomic E-state index is 13.3. The number of hydrogen-bond donors (Lipinski definition) is 0. The van der Waals surface area contributed by atoms with Crippen molar-refractivity contribution in [3.05, 3.63) is 78.0 Å². The third-order valence-corrected chi connectivity index (χ3v) is 5.82. The molecule has 0 bridgehead atoms. The molecule has 0 aliphatic rings. The fraction of sp³-hybridized carbons (Fsp3) is 0.150. The zero-order valence-electron chi connectivity index (χ0n) is 14.2. The molecule has 0 fully saturated rings. The average Bonchev–Trinajstić information content (AvgIpc) is 2.89. The van der Waals surface area contributed by atoms with Crippen molar-refractivity contribution in [1.82, 2.24) is 3.97 Å². The molecule has 3 rings (SSSR count). The van der Waals surface area contributed by atoms with Gasteiger partial charge in [0.1, 0.15) is 5.69 Å². The van der Waals surface area contributed by atoms with Gasteiger partial charge >= 0.3 is 0 Å². The average molecular weight is 353 g/mol. The van der Waals surface area contributed by atoms with Gasteiger partial charge in [0.05, 0.1) is 10.4 Å². The molecule has 4 nitrogen and oxygen atoms in total. The topological polar surface area (TPSA) is 56.1 Å². The predicted octanol–water partition coefficient (Wildman–Crippen LogP) is 4.34. The highest BCUT2D eigenvalue weighted by Gasteiger charge is 2.28. The molecule has 25 heavy (non-hydrogen) atoms. The summed E-state index contributed by atoms with van der Waals surface area (Å²) in [4.78, 5) is 13.0. The summed E-state index contributed by atoms with van der Waals surface area (Å²) >= 11 is 0. The molecule has 0 N–H and O–H groups in total. The predicted molar refractivity (Wildman–Crippen MR) is 99.5 cm³/mol. The zero-order valence-corrected chi connectivity index (χ0v) is 15.0. The lowest BCUT2D eigenvalue weighted by Crippen LogP contribution is -2.19. The van der Waals surface area contributed by atoms with Crippen LogP contribution in [0.2, 0.25) is 0 Å². The molecule has 5 heteroatoms. The van der Waals surface area contributed by atoms with Gasteiger partial charge in [-0.2, -0.15) is 0 Å². The first-order valence-corrected chi connectivity index (χ1v) is 9.36. The summed E-state index contributed by atoms with van der Waals surface area (Å²) in [6.07, 6.45) is 0.113. The Morgan fingerprint density at radius 2 is 1.64 bits per heavy atom. The van der Waals surface area contributed by atoms with Crippen molar-refractivity contribution in [2.75, 3.05) is 0 Å². The molecule has 0 unspecified atom stereocenters. The number of ketones is 1. The lowest BCUT2D eigenvalue weighted by atomic mass is 10.1. The number of nitrogens with zero attached hydrogens (tertiary/aromatic N) is 1. The molecule has 128 valence electrons. The summed E-state index contributed by atoms with van der Waals surface area (Å²) in [5.41, 5.74) is 2.07. The standard InChI is InChI=1S/C20H19NO3S/c1-14(2)13-19(22)20-15(3)17-11-7-8-12-18(17)21(20)25(23,24)16-9-5-4-6-10-16/h4-12H,1,13H2,2-3H3. The number of rotatable bonds is 5. The van der Waals surface area contributed by atoms with Gasteiger partial charge in [0.2, 0.25) is 0 Å². The van der Waals surface area contributed by atoms with Gasteiger partial charge in [-0.3, -0.25) is 4.79 Å². The molecular formula is C20H19NO3S. The van der Waals surface area contributed by atoms with E-state index >= 15 is 0 Å². The smallest absolute Gasteiger partial charge is 0.268 e. The summed E-state index contributed by atoms with van der Waals surface area (Å²) in [6.45, 7) is 7.31. The van der Waals surface area contributed by atoms with Crippen molar-refractivity contribution in [3.63, 3.8) is 0 Å². The second kappa shape index (κ2) is 6.33. The van der Waals surface area contributed by atoms with E-state index in [9.17, 15) is 13.2 Å². The number of aryl methyl sites for hydroxylation is 1. The van der Waals surface area contributed by atoms with E-state index in [-0.39, 0.29) is 22.8 Å². The minimum absolute atomic E-state index is 0.113. The highest BCUT2D eigenvalue weighted by atomic mass is 32.2. The van der Waals surface area contributed by atoms with Crippen molar-refractivity contribution < 1.29 is 13.2 Å². The Labute approximate surface area is 147 Å². The number of Topliss-reactive ketones (excluding diaryl/α,β-unsaturated/α-hetero) is 1. The Kier molecular flexibility index (Phi) is 4.35. The minimum atomic E-state index is -3.89. The van der Waals surface area contributed by atoms with E-state index in [1.807, 2.05) is 12.1 Å². The van der Waals surface area contributed by atoms with E-state index in [0.29, 0.717) is 16.7 Å². The molecule has 3 aromatic rings. The highest BCUT2D eigenvalue weighted by Crippen LogP contribution is 2.31. The second-order valence-electron chi connectivity index (χ2n) is 6.13. The maximum absolute atomic E-state index is 13.3. The Balaban J connectivity index is 2.37. The molecule has 2 aromatic carbocycles. The van der Waals surface area contributed by atoms with Crippen LogP contribution in [0.5, 0.6) is 0 Å². The van der Waals surface area contributed by atoms with E-state index in [2.05, 4.69) is 6.58 Å². The third kappa shape index (κ3) is 2.91. The maximum Gasteiger partial charge on any atom is 0.268 e. The number of carbonyl (C=O) groups is 1. The Bertz CT molecular complexity index is 1080. The monoisotopic (exact) mass is 353 g/mol. The number of fused-ring (bicyclic) bond motifs is 1. The highest BCUT2D eigenvalue weighted by molar-refractivity contribution is 7.90. The van der Waals surface area contributed by atoms with Crippen LogP contribution in [0.25, 0.3) is 10.9 Å². The third-order valence-electron chi connectivity index (χ3n) is 4.09. The molecule has 0 aliphatic carbocycles. The van der Waals surface area contributed by atoms with Crippen molar-refractivity contribution in [1.29, 1.82) is 0 Å². The molecule has 0 radical (unpaired) electrons. The van der Waals surface area contributed by atoms with Gasteiger partial charge in [-0.15, -0.1) is 0 Å². The number of allylic oxidation sites excluding steroid dienone is 1. The van der Waals surface area contributed by atoms with Gasteiger partial charge in [0.15, 0.2) is 5.78 Å². The van der Waals surface area contributed by atoms with Crippen molar-refractivity contribution in [3.8, 4) is 0 Å². The van der Waals surface area contributed by atoms with E-state index in [0.717, 1.165) is 5.39 Å². The molecule has 0 saturated heterocycles. The van der Waals surface area contributed by atoms with Gasteiger partial charge < -0.3 is 0 Å². The Hall–Kier alpha value is -2.66. The molecule has 0 aliphatic heterocycles. The number of benzene rings is 2. The van der Waals surface area contributed by atoms with Crippen LogP contribution in [0.15, 0.2) is 71.6 Å². The second-order valence-corrected chi connectivity index (χ2v) is 7.92. The van der Waals surface area contributed by atoms with Crippen LogP contribution in [0.1, 0.15) is 29.4 Å². The minimum Gasteiger partial charge on any atom is -0.292 e. The van der Waals surface area contributed by atoms with Crippen LogP contribution in [0.3, 0.4) is 0 Å². The van der Waals surface area contributed by atoms with Gasteiger partial charge in [-0.05, 0) is 37.6 Å². The van der Waals surface area contributed by atoms with Crippen molar-refractivity contribution in [2.24, 2.45) is 0 Å². The van der Waals surface area contributed by atoms with E-state index < -0.39 is 10.0 Å². The first-order valence-electron chi connectivity index (χ1n) is 7.92. The zero-order chi connectivity index (χ0) is 18.2. The molecule has 0 amide bonds. The van der Waals surface area contributed by atoms with Gasteiger partial charge in [0, 0.05) is 11.8 Å². The summed E-state index contributed by atoms with van der Waals surface area (Å²) in [5.74, 6) is -0.249. The number of aromatic nitrogens is 1. The van der Waals surface area contributed by atoms with Crippen LogP contribution in [0.4, 0.5) is 0 Å². The van der Waals surface area contributed by atoms with Crippen molar-refractivity contribution in [2.45, 2.75) is 25.2 Å². The molecule has 0 atom stereocenters. The molecular weight excluding hydrogens is 334 g/mol. The molecule has 0 saturated carbocycles. The molecule has 1 aromatic heterocycles. The Morgan fingerprint density at radius 3 is 2.28 bits per heavy atom. The number of para-hydroxylation sites is 1. The summed E-state index contributed by atoms with van der Waals surface area (Å²) in [5, 5.41) is 0.757. The Morgan fingerprint density at radius 1 is 1.04 bits per heavy atom. The SMILES string of the molecule is C=C(C)CC(=O)c1c(C)c2ccccc2n1S(=O)(=O)c1ccccc1. The van der Waals surface area contributed by atoms with E-state index in [1.165, 1.54) is 16.1 Å². The van der Waals surface area contributed by atoms with Gasteiger partial charge in [-0.1, -0.05) is 48.6 Å². The number of carbonyl (C=O) groups excluding carboxylic acids is 1. The van der Waals surface area contributed by atoms with Crippen LogP contribution in [-0.4, -0.2) is 18.2 Å². The van der Waals surface area contributed by atoms with Crippen LogP contribution in [0, 0.1) is 6.92 Å². The lowest BCUT2D eigenvalue weighted by molar-refractivity contribution is 0.0987. The number of hydrogen-bond acceptors (Lipinski definition) is 3. The fourth-order valence-electron chi connectivity index (χ4n) is 3.00. The molecule has 0 spiro atoms. The summed E-state index contributed by atoms with van der Waals surface area (Å²) in [7, 11) is -3.89. The van der Waals surface area contributed by atoms with Crippen LogP contribution in [-0.2, 0) is 10.0 Å². The van der Waals surface area contributed by atoms with Crippen molar-refractivity contribution >= 4 is 26.7 Å². The summed E-state index contributed by atoms with van der Waals surface area (Å²) in [6, 6.07) is 15.3. The van der Waals surface area contributed by atoms with Crippen LogP contribution < -0.4 is 0 Å². The fourth-order valence-corrected chi connectivity index (χ4v) is 4.61. The summed E-state index contributed by atoms with van der Waals surface area (Å²) < 4.78 is 27.7. The quantitative estimate of drug-likeness (QED) is 0.506. The van der Waals surface area contributed by atoms with Gasteiger partial charge in [0.25, 0.3) is 10.0 Å². The van der Waals surface area contributed by atoms with Gasteiger partial charge in [-0.25, -0.2) is 12.4 Å². The largest absolute Gasteiger partial charge is 0.292 e.